The van der Waals surface area contributed by atoms with Crippen LogP contribution in [0.25, 0.3) is 0 Å². The molecule has 0 fully saturated rings. The maximum Gasteiger partial charge on any atom is 0.335 e. The second kappa shape index (κ2) is 10.2. The molecular formula is C23H22ClFN2O5S. The Balaban J connectivity index is 2.02. The summed E-state index contributed by atoms with van der Waals surface area (Å²) in [4.78, 5) is 15.0. The smallest absolute Gasteiger partial charge is 0.335 e. The quantitative estimate of drug-likeness (QED) is 0.457. The maximum atomic E-state index is 14.1. The van der Waals surface area contributed by atoms with Crippen molar-refractivity contribution in [2.24, 2.45) is 0 Å². The number of aryl methyl sites for hydroxylation is 1. The number of aromatic nitrogens is 1. The highest BCUT2D eigenvalue weighted by molar-refractivity contribution is 7.92. The van der Waals surface area contributed by atoms with Gasteiger partial charge in [0.2, 0.25) is 0 Å². The van der Waals surface area contributed by atoms with Crippen LogP contribution < -0.4 is 9.04 Å². The third kappa shape index (κ3) is 5.80. The van der Waals surface area contributed by atoms with Crippen molar-refractivity contribution < 1.29 is 27.4 Å². The Labute approximate surface area is 196 Å². The molecule has 174 valence electrons. The van der Waals surface area contributed by atoms with E-state index in [1.54, 1.807) is 25.1 Å². The minimum Gasteiger partial charge on any atom is -0.487 e. The lowest BCUT2D eigenvalue weighted by Crippen LogP contribution is -2.36. The Kier molecular flexibility index (Phi) is 7.55. The van der Waals surface area contributed by atoms with E-state index in [4.69, 9.17) is 21.4 Å². The van der Waals surface area contributed by atoms with E-state index >= 15 is 0 Å². The molecule has 3 aromatic rings. The summed E-state index contributed by atoms with van der Waals surface area (Å²) in [7, 11) is -4.21. The first-order chi connectivity index (χ1) is 15.6. The lowest BCUT2D eigenvalue weighted by atomic mass is 10.1. The fourth-order valence-corrected chi connectivity index (χ4v) is 4.66. The molecule has 0 radical (unpaired) electrons. The zero-order chi connectivity index (χ0) is 24.2. The van der Waals surface area contributed by atoms with Crippen LogP contribution >= 0.6 is 11.6 Å². The van der Waals surface area contributed by atoms with Crippen LogP contribution in [0.5, 0.6) is 5.75 Å². The number of benzene rings is 2. The number of rotatable bonds is 9. The summed E-state index contributed by atoms with van der Waals surface area (Å²) in [6.07, 6.45) is -0.134. The minimum atomic E-state index is -4.21. The first-order valence-corrected chi connectivity index (χ1v) is 11.7. The number of sulfonamides is 1. The summed E-state index contributed by atoms with van der Waals surface area (Å²) < 4.78 is 47.6. The van der Waals surface area contributed by atoms with E-state index in [0.717, 1.165) is 4.31 Å². The monoisotopic (exact) mass is 492 g/mol. The van der Waals surface area contributed by atoms with Crippen LogP contribution in [0, 0.1) is 6.92 Å². The average molecular weight is 493 g/mol. The number of anilines is 1. The fraction of sp³-hybridized carbons (Fsp3) is 0.217. The van der Waals surface area contributed by atoms with Gasteiger partial charge in [0.05, 0.1) is 17.8 Å². The Morgan fingerprint density at radius 2 is 1.91 bits per heavy atom. The standard InChI is InChI=1S/C23H22ClFN2O5S/c1-15-11-20(27(13-16(2)25)33(30,31)22-5-3-4-10-26-22)21(12-19(15)24)32-14-17-6-8-18(9-7-17)23(28)29/h3-12,16H,13-14H2,1-2H3,(H,28,29)/t16-/m0/s1. The minimum absolute atomic E-state index is 0.00887. The Morgan fingerprint density at radius 1 is 1.21 bits per heavy atom. The molecule has 33 heavy (non-hydrogen) atoms. The van der Waals surface area contributed by atoms with Gasteiger partial charge in [-0.25, -0.2) is 14.2 Å². The number of hydrogen-bond donors (Lipinski definition) is 1. The molecule has 0 amide bonds. The number of aromatic carboxylic acids is 1. The number of nitrogens with zero attached hydrogens (tertiary/aromatic N) is 2. The molecule has 0 unspecified atom stereocenters. The summed E-state index contributed by atoms with van der Waals surface area (Å²) in [5.74, 6) is -0.918. The topological polar surface area (TPSA) is 96.8 Å². The summed E-state index contributed by atoms with van der Waals surface area (Å²) >= 11 is 6.27. The van der Waals surface area contributed by atoms with Crippen LogP contribution in [0.3, 0.4) is 0 Å². The van der Waals surface area contributed by atoms with E-state index in [2.05, 4.69) is 4.98 Å². The molecule has 0 saturated carbocycles. The van der Waals surface area contributed by atoms with Crippen molar-refractivity contribution in [2.45, 2.75) is 31.7 Å². The molecule has 0 aliphatic rings. The van der Waals surface area contributed by atoms with Gasteiger partial charge in [0.1, 0.15) is 18.5 Å². The van der Waals surface area contributed by atoms with Gasteiger partial charge in [-0.3, -0.25) is 4.31 Å². The summed E-state index contributed by atoms with van der Waals surface area (Å²) in [6.45, 7) is 2.51. The molecule has 10 heteroatoms. The molecule has 2 aromatic carbocycles. The lowest BCUT2D eigenvalue weighted by molar-refractivity contribution is 0.0697. The third-order valence-electron chi connectivity index (χ3n) is 4.71. The van der Waals surface area contributed by atoms with Crippen LogP contribution in [0.1, 0.15) is 28.4 Å². The molecular weight excluding hydrogens is 471 g/mol. The van der Waals surface area contributed by atoms with Gasteiger partial charge < -0.3 is 9.84 Å². The number of pyridine rings is 1. The highest BCUT2D eigenvalue weighted by atomic mass is 35.5. The Hall–Kier alpha value is -3.17. The predicted molar refractivity (Wildman–Crippen MR) is 123 cm³/mol. The molecule has 0 bridgehead atoms. The number of halogens is 2. The highest BCUT2D eigenvalue weighted by Crippen LogP contribution is 2.37. The molecule has 0 saturated heterocycles. The summed E-state index contributed by atoms with van der Waals surface area (Å²) in [5, 5.41) is 9.15. The van der Waals surface area contributed by atoms with Crippen molar-refractivity contribution in [3.05, 3.63) is 82.5 Å². The largest absolute Gasteiger partial charge is 0.487 e. The molecule has 7 nitrogen and oxygen atoms in total. The van der Waals surface area contributed by atoms with Gasteiger partial charge in [0.25, 0.3) is 10.0 Å². The van der Waals surface area contributed by atoms with Crippen molar-refractivity contribution in [1.29, 1.82) is 0 Å². The zero-order valence-electron chi connectivity index (χ0n) is 17.9. The van der Waals surface area contributed by atoms with Gasteiger partial charge in [-0.15, -0.1) is 0 Å². The molecule has 1 atom stereocenters. The number of carbonyl (C=O) groups is 1. The van der Waals surface area contributed by atoms with Crippen molar-refractivity contribution in [2.75, 3.05) is 10.8 Å². The van der Waals surface area contributed by atoms with E-state index in [1.807, 2.05) is 0 Å². The van der Waals surface area contributed by atoms with E-state index in [1.165, 1.54) is 49.5 Å². The average Bonchev–Trinajstić information content (AvgIpc) is 2.78. The fourth-order valence-electron chi connectivity index (χ4n) is 3.03. The lowest BCUT2D eigenvalue weighted by Gasteiger charge is -2.27. The van der Waals surface area contributed by atoms with Gasteiger partial charge in [0, 0.05) is 17.3 Å². The maximum absolute atomic E-state index is 14.1. The zero-order valence-corrected chi connectivity index (χ0v) is 19.5. The van der Waals surface area contributed by atoms with E-state index < -0.39 is 28.7 Å². The second-order valence-corrected chi connectivity index (χ2v) is 9.56. The summed E-state index contributed by atoms with van der Waals surface area (Å²) in [6, 6.07) is 13.5. The molecule has 3 rings (SSSR count). The van der Waals surface area contributed by atoms with Crippen LogP contribution in [0.15, 0.2) is 65.8 Å². The van der Waals surface area contributed by atoms with E-state index in [9.17, 15) is 17.6 Å². The third-order valence-corrected chi connectivity index (χ3v) is 6.82. The van der Waals surface area contributed by atoms with Crippen molar-refractivity contribution in [3.63, 3.8) is 0 Å². The van der Waals surface area contributed by atoms with Gasteiger partial charge in [0.15, 0.2) is 5.03 Å². The molecule has 0 aliphatic carbocycles. The summed E-state index contributed by atoms with van der Waals surface area (Å²) in [5.41, 5.74) is 1.48. The van der Waals surface area contributed by atoms with Crippen molar-refractivity contribution in [3.8, 4) is 5.75 Å². The van der Waals surface area contributed by atoms with E-state index in [0.29, 0.717) is 16.1 Å². The first kappa shape index (κ1) is 24.5. The van der Waals surface area contributed by atoms with Gasteiger partial charge in [-0.1, -0.05) is 29.8 Å². The number of carboxylic acids is 1. The normalized spacial score (nSPS) is 12.2. The van der Waals surface area contributed by atoms with Gasteiger partial charge in [-0.2, -0.15) is 8.42 Å². The number of alkyl halides is 1. The van der Waals surface area contributed by atoms with Crippen LogP contribution in [0.4, 0.5) is 10.1 Å². The second-order valence-electron chi connectivity index (χ2n) is 7.34. The van der Waals surface area contributed by atoms with Crippen LogP contribution in [-0.2, 0) is 16.6 Å². The van der Waals surface area contributed by atoms with E-state index in [-0.39, 0.29) is 28.6 Å². The Morgan fingerprint density at radius 3 is 2.48 bits per heavy atom. The number of ether oxygens (including phenoxy) is 1. The molecule has 1 N–H and O–H groups in total. The molecule has 1 aromatic heterocycles. The van der Waals surface area contributed by atoms with Crippen LogP contribution in [0.2, 0.25) is 5.02 Å². The van der Waals surface area contributed by atoms with Gasteiger partial charge in [-0.05, 0) is 55.3 Å². The van der Waals surface area contributed by atoms with Gasteiger partial charge >= 0.3 is 5.97 Å². The molecule has 0 aliphatic heterocycles. The number of hydrogen-bond acceptors (Lipinski definition) is 5. The van der Waals surface area contributed by atoms with Crippen molar-refractivity contribution >= 4 is 33.3 Å². The highest BCUT2D eigenvalue weighted by Gasteiger charge is 2.30. The molecule has 0 spiro atoms. The number of carboxylic acid groups (broad SMARTS) is 1. The Bertz CT molecular complexity index is 1240. The van der Waals surface area contributed by atoms with Crippen LogP contribution in [-0.4, -0.2) is 37.2 Å². The predicted octanol–water partition coefficient (Wildman–Crippen LogP) is 4.87. The first-order valence-electron chi connectivity index (χ1n) is 9.92. The van der Waals surface area contributed by atoms with Crippen molar-refractivity contribution in [1.82, 2.24) is 4.98 Å². The SMILES string of the molecule is Cc1cc(N(C[C@H](C)F)S(=O)(=O)c2ccccn2)c(OCc2ccc(C(=O)O)cc2)cc1Cl. The molecule has 1 heterocycles.